The highest BCUT2D eigenvalue weighted by molar-refractivity contribution is 6.18. The van der Waals surface area contributed by atoms with E-state index in [1.807, 2.05) is 30.3 Å². The Morgan fingerprint density at radius 1 is 1.29 bits per heavy atom. The number of carbonyl (C=O) groups is 2. The molecule has 1 aromatic heterocycles. The van der Waals surface area contributed by atoms with Crippen molar-refractivity contribution in [2.24, 2.45) is 11.0 Å². The molecule has 0 fully saturated rings. The van der Waals surface area contributed by atoms with E-state index >= 15 is 0 Å². The van der Waals surface area contributed by atoms with Gasteiger partial charge in [0, 0.05) is 22.2 Å². The van der Waals surface area contributed by atoms with Gasteiger partial charge in [0.25, 0.3) is 5.91 Å². The van der Waals surface area contributed by atoms with Crippen LogP contribution >= 0.6 is 0 Å². The zero-order chi connectivity index (χ0) is 19.7. The van der Waals surface area contributed by atoms with Crippen molar-refractivity contribution >= 4 is 34.6 Å². The smallest absolute Gasteiger partial charge is 0.272 e. The summed E-state index contributed by atoms with van der Waals surface area (Å²) in [4.78, 5) is 31.5. The molecular weight excluding hydrogens is 354 g/mol. The lowest BCUT2D eigenvalue weighted by atomic mass is 10.0. The largest absolute Gasteiger partial charge is 0.354 e. The van der Waals surface area contributed by atoms with Crippen molar-refractivity contribution in [3.05, 3.63) is 65.0 Å². The molecule has 2 amide bonds. The van der Waals surface area contributed by atoms with Crippen molar-refractivity contribution in [2.45, 2.75) is 6.92 Å². The molecule has 1 atom stereocenters. The molecule has 0 aliphatic carbocycles. The summed E-state index contributed by atoms with van der Waals surface area (Å²) in [6.45, 7) is 8.72. The Morgan fingerprint density at radius 2 is 2.07 bits per heavy atom. The second kappa shape index (κ2) is 7.00. The summed E-state index contributed by atoms with van der Waals surface area (Å²) in [5, 5.41) is 7.59. The first-order valence-corrected chi connectivity index (χ1v) is 8.81. The standard InChI is InChI=1S/C21H17N5O2/c1-12(10-22-2)20(27)24-14-8-15-18-16(11-23-26-21(15)28)19(25-17(18)9-14)13-6-4-3-5-7-13/h3-9,11-12,25H,10H2,1H3,(H,24,27)(H,26,28)/t12-/m0/s1. The first kappa shape index (κ1) is 17.5. The van der Waals surface area contributed by atoms with Gasteiger partial charge in [0.05, 0.1) is 17.5 Å². The van der Waals surface area contributed by atoms with Gasteiger partial charge in [0.1, 0.15) is 5.92 Å². The molecule has 1 aliphatic heterocycles. The summed E-state index contributed by atoms with van der Waals surface area (Å²) in [6.07, 6.45) is 1.63. The topological polar surface area (TPSA) is 90.7 Å². The lowest BCUT2D eigenvalue weighted by molar-refractivity contribution is -0.118. The molecule has 0 saturated carbocycles. The van der Waals surface area contributed by atoms with Gasteiger partial charge in [0.15, 0.2) is 0 Å². The van der Waals surface area contributed by atoms with Crippen LogP contribution in [-0.2, 0) is 4.79 Å². The van der Waals surface area contributed by atoms with Gasteiger partial charge < -0.3 is 15.1 Å². The van der Waals surface area contributed by atoms with Crippen molar-refractivity contribution in [1.82, 2.24) is 10.4 Å². The maximum absolute atomic E-state index is 12.5. The number of aromatic amines is 1. The van der Waals surface area contributed by atoms with E-state index in [0.29, 0.717) is 11.3 Å². The van der Waals surface area contributed by atoms with Crippen LogP contribution in [0.1, 0.15) is 22.8 Å². The van der Waals surface area contributed by atoms with Crippen LogP contribution in [0.15, 0.2) is 47.6 Å². The monoisotopic (exact) mass is 371 g/mol. The van der Waals surface area contributed by atoms with Gasteiger partial charge in [-0.3, -0.25) is 9.59 Å². The fourth-order valence-corrected chi connectivity index (χ4v) is 3.27. The van der Waals surface area contributed by atoms with E-state index in [4.69, 9.17) is 6.57 Å². The van der Waals surface area contributed by atoms with Gasteiger partial charge in [-0.05, 0) is 24.6 Å². The van der Waals surface area contributed by atoms with Crippen LogP contribution in [0.3, 0.4) is 0 Å². The van der Waals surface area contributed by atoms with Crippen LogP contribution in [0, 0.1) is 12.5 Å². The zero-order valence-electron chi connectivity index (χ0n) is 15.1. The number of hydrogen-bond donors (Lipinski definition) is 3. The van der Waals surface area contributed by atoms with E-state index in [1.165, 1.54) is 0 Å². The number of H-pyrrole nitrogens is 1. The lowest BCUT2D eigenvalue weighted by Crippen LogP contribution is -2.22. The SMILES string of the molecule is [C-]#[N+]C[C@H](C)C(=O)Nc1cc2c3c(c(-c4ccccc4)[nH]c3c1)C=NNC2=O. The number of aromatic nitrogens is 1. The summed E-state index contributed by atoms with van der Waals surface area (Å²) in [5.74, 6) is -1.05. The number of hydrazone groups is 1. The molecule has 3 aromatic rings. The number of nitrogens with zero attached hydrogens (tertiary/aromatic N) is 2. The highest BCUT2D eigenvalue weighted by Gasteiger charge is 2.23. The molecule has 4 rings (SSSR count). The lowest BCUT2D eigenvalue weighted by Gasteiger charge is -2.10. The van der Waals surface area contributed by atoms with Crippen LogP contribution in [-0.4, -0.2) is 29.6 Å². The molecule has 28 heavy (non-hydrogen) atoms. The average Bonchev–Trinajstić information content (AvgIpc) is 2.97. The third-order valence-corrected chi connectivity index (χ3v) is 4.68. The second-order valence-electron chi connectivity index (χ2n) is 6.66. The van der Waals surface area contributed by atoms with Crippen LogP contribution < -0.4 is 10.7 Å². The maximum atomic E-state index is 12.5. The molecule has 138 valence electrons. The fourth-order valence-electron chi connectivity index (χ4n) is 3.27. The number of nitrogens with one attached hydrogen (secondary N) is 3. The molecule has 0 unspecified atom stereocenters. The Hall–Kier alpha value is -3.92. The van der Waals surface area contributed by atoms with Crippen molar-refractivity contribution in [3.63, 3.8) is 0 Å². The molecule has 0 radical (unpaired) electrons. The van der Waals surface area contributed by atoms with Crippen LogP contribution in [0.5, 0.6) is 0 Å². The molecule has 2 aromatic carbocycles. The third-order valence-electron chi connectivity index (χ3n) is 4.68. The summed E-state index contributed by atoms with van der Waals surface area (Å²) >= 11 is 0. The van der Waals surface area contributed by atoms with E-state index in [-0.39, 0.29) is 18.4 Å². The number of hydrogen-bond acceptors (Lipinski definition) is 3. The molecule has 0 spiro atoms. The first-order valence-electron chi connectivity index (χ1n) is 8.81. The van der Waals surface area contributed by atoms with Gasteiger partial charge in [-0.2, -0.15) is 5.10 Å². The Kier molecular flexibility index (Phi) is 4.38. The summed E-state index contributed by atoms with van der Waals surface area (Å²) in [6, 6.07) is 13.2. The number of benzene rings is 2. The minimum absolute atomic E-state index is 0.111. The maximum Gasteiger partial charge on any atom is 0.272 e. The Morgan fingerprint density at radius 3 is 2.82 bits per heavy atom. The summed E-state index contributed by atoms with van der Waals surface area (Å²) in [7, 11) is 0. The third kappa shape index (κ3) is 3.01. The Balaban J connectivity index is 1.85. The molecule has 1 aliphatic rings. The molecule has 3 N–H and O–H groups in total. The van der Waals surface area contributed by atoms with Crippen LogP contribution in [0.25, 0.3) is 27.0 Å². The second-order valence-corrected chi connectivity index (χ2v) is 6.66. The highest BCUT2D eigenvalue weighted by atomic mass is 16.2. The number of carbonyl (C=O) groups excluding carboxylic acids is 2. The number of amides is 2. The van der Waals surface area contributed by atoms with Crippen LogP contribution in [0.2, 0.25) is 0 Å². The van der Waals surface area contributed by atoms with E-state index in [0.717, 1.165) is 27.7 Å². The molecular formula is C21H17N5O2. The van der Waals surface area contributed by atoms with E-state index in [9.17, 15) is 9.59 Å². The molecule has 7 heteroatoms. The van der Waals surface area contributed by atoms with Gasteiger partial charge in [-0.25, -0.2) is 12.0 Å². The highest BCUT2D eigenvalue weighted by Crippen LogP contribution is 2.34. The first-order chi connectivity index (χ1) is 13.6. The minimum atomic E-state index is -0.441. The van der Waals surface area contributed by atoms with E-state index in [1.54, 1.807) is 25.3 Å². The molecule has 0 saturated heterocycles. The van der Waals surface area contributed by atoms with Crippen molar-refractivity contribution < 1.29 is 9.59 Å². The van der Waals surface area contributed by atoms with Crippen molar-refractivity contribution in [3.8, 4) is 11.3 Å². The fraction of sp³-hybridized carbons (Fsp3) is 0.143. The number of rotatable bonds is 4. The summed E-state index contributed by atoms with van der Waals surface area (Å²) in [5.41, 5.74) is 6.78. The predicted molar refractivity (Wildman–Crippen MR) is 108 cm³/mol. The van der Waals surface area contributed by atoms with Crippen molar-refractivity contribution in [1.29, 1.82) is 0 Å². The number of anilines is 1. The molecule has 0 bridgehead atoms. The Labute approximate surface area is 161 Å². The quantitative estimate of drug-likeness (QED) is 0.614. The minimum Gasteiger partial charge on any atom is -0.354 e. The zero-order valence-corrected chi connectivity index (χ0v) is 15.1. The van der Waals surface area contributed by atoms with Gasteiger partial charge in [-0.15, -0.1) is 0 Å². The molecule has 2 heterocycles. The van der Waals surface area contributed by atoms with Gasteiger partial charge in [0.2, 0.25) is 12.5 Å². The van der Waals surface area contributed by atoms with Crippen LogP contribution in [0.4, 0.5) is 5.69 Å². The van der Waals surface area contributed by atoms with Gasteiger partial charge >= 0.3 is 0 Å². The Bertz CT molecular complexity index is 1150. The molecule has 7 nitrogen and oxygen atoms in total. The van der Waals surface area contributed by atoms with Gasteiger partial charge in [-0.1, -0.05) is 30.3 Å². The van der Waals surface area contributed by atoms with E-state index in [2.05, 4.69) is 25.7 Å². The normalized spacial score (nSPS) is 13.5. The summed E-state index contributed by atoms with van der Waals surface area (Å²) < 4.78 is 0. The van der Waals surface area contributed by atoms with E-state index < -0.39 is 5.92 Å². The van der Waals surface area contributed by atoms with Crippen molar-refractivity contribution in [2.75, 3.05) is 11.9 Å². The predicted octanol–water partition coefficient (Wildman–Crippen LogP) is 3.41. The average molecular weight is 371 g/mol.